The molecule has 2 aromatic rings. The van der Waals surface area contributed by atoms with Gasteiger partial charge in [0.1, 0.15) is 5.60 Å². The molecule has 5 nitrogen and oxygen atoms in total. The van der Waals surface area contributed by atoms with Gasteiger partial charge in [0.05, 0.1) is 12.6 Å². The van der Waals surface area contributed by atoms with Crippen LogP contribution >= 0.6 is 0 Å². The first-order chi connectivity index (χ1) is 12.3. The second-order valence-corrected chi connectivity index (χ2v) is 7.12. The van der Waals surface area contributed by atoms with Gasteiger partial charge in [0, 0.05) is 11.1 Å². The van der Waals surface area contributed by atoms with Crippen LogP contribution in [-0.4, -0.2) is 35.2 Å². The number of carbonyl (C=O) groups excluding carboxylic acids is 2. The highest BCUT2D eigenvalue weighted by Crippen LogP contribution is 2.13. The third kappa shape index (κ3) is 6.01. The number of alkyl carbamates (subject to hydrolysis) is 1. The van der Waals surface area contributed by atoms with Gasteiger partial charge in [-0.2, -0.15) is 0 Å². The predicted octanol–water partition coefficient (Wildman–Crippen LogP) is 3.35. The van der Waals surface area contributed by atoms with Gasteiger partial charge >= 0.3 is 6.09 Å². The molecule has 0 aliphatic heterocycles. The Hall–Kier alpha value is -2.66. The standard InChI is InChI=1S/C21H25NO4/c1-21(2,3)26-20(25)22-18(14-23)13-15-9-11-17(12-10-15)19(24)16-7-5-4-6-8-16/h4-12,18,23H,13-14H2,1-3H3,(H,22,25)/t18-/m1/s1. The van der Waals surface area contributed by atoms with Crippen LogP contribution in [0.4, 0.5) is 4.79 Å². The topological polar surface area (TPSA) is 75.6 Å². The van der Waals surface area contributed by atoms with Crippen molar-refractivity contribution < 1.29 is 19.4 Å². The van der Waals surface area contributed by atoms with E-state index in [-0.39, 0.29) is 12.4 Å². The average Bonchev–Trinajstić information content (AvgIpc) is 2.60. The van der Waals surface area contributed by atoms with Crippen LogP contribution < -0.4 is 5.32 Å². The number of aliphatic hydroxyl groups excluding tert-OH is 1. The maximum atomic E-state index is 12.4. The molecule has 0 spiro atoms. The maximum Gasteiger partial charge on any atom is 0.407 e. The molecule has 0 radical (unpaired) electrons. The van der Waals surface area contributed by atoms with E-state index in [1.807, 2.05) is 30.3 Å². The minimum Gasteiger partial charge on any atom is -0.444 e. The molecule has 0 aromatic heterocycles. The zero-order chi connectivity index (χ0) is 19.2. The normalized spacial score (nSPS) is 12.3. The lowest BCUT2D eigenvalue weighted by molar-refractivity contribution is 0.0482. The highest BCUT2D eigenvalue weighted by molar-refractivity contribution is 6.08. The quantitative estimate of drug-likeness (QED) is 0.779. The Labute approximate surface area is 154 Å². The molecule has 138 valence electrons. The molecule has 2 rings (SSSR count). The summed E-state index contributed by atoms with van der Waals surface area (Å²) in [6, 6.07) is 15.8. The highest BCUT2D eigenvalue weighted by Gasteiger charge is 2.19. The summed E-state index contributed by atoms with van der Waals surface area (Å²) >= 11 is 0. The number of aliphatic hydroxyl groups is 1. The Kier molecular flexibility index (Phi) is 6.52. The van der Waals surface area contributed by atoms with Crippen LogP contribution in [0.3, 0.4) is 0 Å². The maximum absolute atomic E-state index is 12.4. The van der Waals surface area contributed by atoms with Gasteiger partial charge in [-0.25, -0.2) is 4.79 Å². The summed E-state index contributed by atoms with van der Waals surface area (Å²) in [5.74, 6) is -0.0391. The second-order valence-electron chi connectivity index (χ2n) is 7.12. The number of hydrogen-bond acceptors (Lipinski definition) is 4. The minimum atomic E-state index is -0.594. The summed E-state index contributed by atoms with van der Waals surface area (Å²) in [4.78, 5) is 24.2. The number of amides is 1. The predicted molar refractivity (Wildman–Crippen MR) is 100 cm³/mol. The molecular formula is C21H25NO4. The van der Waals surface area contributed by atoms with Crippen molar-refractivity contribution in [1.82, 2.24) is 5.32 Å². The number of nitrogens with one attached hydrogen (secondary N) is 1. The van der Waals surface area contributed by atoms with Crippen molar-refractivity contribution in [1.29, 1.82) is 0 Å². The number of benzene rings is 2. The van der Waals surface area contributed by atoms with Gasteiger partial charge in [-0.15, -0.1) is 0 Å². The van der Waals surface area contributed by atoms with Crippen LogP contribution in [0.15, 0.2) is 54.6 Å². The van der Waals surface area contributed by atoms with Gasteiger partial charge in [0.25, 0.3) is 0 Å². The first-order valence-electron chi connectivity index (χ1n) is 8.57. The largest absolute Gasteiger partial charge is 0.444 e. The molecule has 2 N–H and O–H groups in total. The van der Waals surface area contributed by atoms with Crippen molar-refractivity contribution in [2.45, 2.75) is 38.8 Å². The van der Waals surface area contributed by atoms with E-state index < -0.39 is 17.7 Å². The Bertz CT molecular complexity index is 733. The molecule has 0 bridgehead atoms. The molecule has 1 atom stereocenters. The van der Waals surface area contributed by atoms with Crippen molar-refractivity contribution in [3.05, 3.63) is 71.3 Å². The SMILES string of the molecule is CC(C)(C)OC(=O)N[C@@H](CO)Cc1ccc(C(=O)c2ccccc2)cc1. The molecule has 26 heavy (non-hydrogen) atoms. The second kappa shape index (κ2) is 8.63. The fraction of sp³-hybridized carbons (Fsp3) is 0.333. The molecule has 2 aromatic carbocycles. The van der Waals surface area contributed by atoms with Crippen LogP contribution in [0.1, 0.15) is 42.3 Å². The summed E-state index contributed by atoms with van der Waals surface area (Å²) in [5, 5.41) is 12.2. The van der Waals surface area contributed by atoms with E-state index in [1.165, 1.54) is 0 Å². The van der Waals surface area contributed by atoms with E-state index in [1.54, 1.807) is 45.0 Å². The minimum absolute atomic E-state index is 0.0391. The van der Waals surface area contributed by atoms with Gasteiger partial charge in [-0.3, -0.25) is 4.79 Å². The summed E-state index contributed by atoms with van der Waals surface area (Å²) in [5.41, 5.74) is 1.55. The number of ketones is 1. The van der Waals surface area contributed by atoms with Crippen LogP contribution in [0.2, 0.25) is 0 Å². The van der Waals surface area contributed by atoms with Gasteiger partial charge in [-0.05, 0) is 32.8 Å². The first kappa shape index (κ1) is 19.7. The monoisotopic (exact) mass is 355 g/mol. The lowest BCUT2D eigenvalue weighted by atomic mass is 10.00. The molecule has 0 fully saturated rings. The summed E-state index contributed by atoms with van der Waals surface area (Å²) in [7, 11) is 0. The molecule has 0 aliphatic carbocycles. The van der Waals surface area contributed by atoms with Crippen molar-refractivity contribution in [3.63, 3.8) is 0 Å². The third-order valence-corrected chi connectivity index (χ3v) is 3.68. The Balaban J connectivity index is 1.99. The smallest absolute Gasteiger partial charge is 0.407 e. The van der Waals surface area contributed by atoms with Gasteiger partial charge in [-0.1, -0.05) is 54.6 Å². The van der Waals surface area contributed by atoms with Gasteiger partial charge < -0.3 is 15.2 Å². The van der Waals surface area contributed by atoms with E-state index >= 15 is 0 Å². The van der Waals surface area contributed by atoms with E-state index in [9.17, 15) is 14.7 Å². The Morgan fingerprint density at radius 3 is 2.12 bits per heavy atom. The van der Waals surface area contributed by atoms with Crippen LogP contribution in [0.5, 0.6) is 0 Å². The number of carbonyl (C=O) groups is 2. The zero-order valence-electron chi connectivity index (χ0n) is 15.4. The molecule has 1 amide bonds. The molecule has 5 heteroatoms. The number of rotatable bonds is 6. The summed E-state index contributed by atoms with van der Waals surface area (Å²) in [6.07, 6.45) is -0.123. The summed E-state index contributed by atoms with van der Waals surface area (Å²) in [6.45, 7) is 5.14. The van der Waals surface area contributed by atoms with Crippen molar-refractivity contribution in [3.8, 4) is 0 Å². The number of hydrogen-bond donors (Lipinski definition) is 2. The molecular weight excluding hydrogens is 330 g/mol. The summed E-state index contributed by atoms with van der Waals surface area (Å²) < 4.78 is 5.20. The molecule has 0 aliphatic rings. The van der Waals surface area contributed by atoms with Crippen LogP contribution in [0, 0.1) is 0 Å². The fourth-order valence-corrected chi connectivity index (χ4v) is 2.47. The van der Waals surface area contributed by atoms with E-state index in [2.05, 4.69) is 5.32 Å². The van der Waals surface area contributed by atoms with Crippen molar-refractivity contribution in [2.75, 3.05) is 6.61 Å². The molecule has 0 heterocycles. The van der Waals surface area contributed by atoms with Crippen LogP contribution in [0.25, 0.3) is 0 Å². The highest BCUT2D eigenvalue weighted by atomic mass is 16.6. The Morgan fingerprint density at radius 1 is 1.00 bits per heavy atom. The van der Waals surface area contributed by atoms with Crippen LogP contribution in [-0.2, 0) is 11.2 Å². The zero-order valence-corrected chi connectivity index (χ0v) is 15.4. The molecule has 0 saturated carbocycles. The van der Waals surface area contributed by atoms with Crippen molar-refractivity contribution in [2.24, 2.45) is 0 Å². The Morgan fingerprint density at radius 2 is 1.58 bits per heavy atom. The molecule has 0 unspecified atom stereocenters. The number of ether oxygens (including phenoxy) is 1. The van der Waals surface area contributed by atoms with E-state index in [0.717, 1.165) is 5.56 Å². The average molecular weight is 355 g/mol. The lowest BCUT2D eigenvalue weighted by Crippen LogP contribution is -2.42. The van der Waals surface area contributed by atoms with Gasteiger partial charge in [0.15, 0.2) is 5.78 Å². The fourth-order valence-electron chi connectivity index (χ4n) is 2.47. The third-order valence-electron chi connectivity index (χ3n) is 3.68. The van der Waals surface area contributed by atoms with Gasteiger partial charge in [0.2, 0.25) is 0 Å². The van der Waals surface area contributed by atoms with E-state index in [0.29, 0.717) is 17.5 Å². The van der Waals surface area contributed by atoms with Crippen molar-refractivity contribution >= 4 is 11.9 Å². The molecule has 0 saturated heterocycles. The first-order valence-corrected chi connectivity index (χ1v) is 8.57. The lowest BCUT2D eigenvalue weighted by Gasteiger charge is -2.22. The van der Waals surface area contributed by atoms with E-state index in [4.69, 9.17) is 4.74 Å².